The van der Waals surface area contributed by atoms with E-state index in [0.717, 1.165) is 21.4 Å². The maximum atomic E-state index is 7.68. The molecular formula is C12H14BrN5. The number of halogens is 1. The lowest BCUT2D eigenvalue weighted by Crippen LogP contribution is -2.18. The Morgan fingerprint density at radius 3 is 2.56 bits per heavy atom. The standard InChI is InChI=1S/C12H14BrN5/c1-6-4-5-16-12(9(6)11(14)15)18-8(3)10(13)7(2)17-18/h4-5H,1-3H3,(H3,14,15). The van der Waals surface area contributed by atoms with E-state index in [0.29, 0.717) is 11.4 Å². The van der Waals surface area contributed by atoms with Gasteiger partial charge in [-0.25, -0.2) is 9.67 Å². The van der Waals surface area contributed by atoms with Crippen molar-refractivity contribution in [1.29, 1.82) is 5.41 Å². The largest absolute Gasteiger partial charge is 0.384 e. The lowest BCUT2D eigenvalue weighted by Gasteiger charge is -2.11. The van der Waals surface area contributed by atoms with Crippen LogP contribution in [0.5, 0.6) is 0 Å². The first-order valence-electron chi connectivity index (χ1n) is 5.45. The normalized spacial score (nSPS) is 10.7. The van der Waals surface area contributed by atoms with Gasteiger partial charge in [0.1, 0.15) is 5.84 Å². The Morgan fingerprint density at radius 2 is 2.06 bits per heavy atom. The van der Waals surface area contributed by atoms with Crippen molar-refractivity contribution in [3.63, 3.8) is 0 Å². The van der Waals surface area contributed by atoms with E-state index < -0.39 is 0 Å². The zero-order valence-electron chi connectivity index (χ0n) is 10.5. The molecule has 0 aliphatic rings. The summed E-state index contributed by atoms with van der Waals surface area (Å²) in [4.78, 5) is 4.31. The van der Waals surface area contributed by atoms with Gasteiger partial charge in [-0.1, -0.05) is 0 Å². The number of aromatic nitrogens is 3. The van der Waals surface area contributed by atoms with E-state index in [1.807, 2.05) is 26.8 Å². The summed E-state index contributed by atoms with van der Waals surface area (Å²) in [7, 11) is 0. The molecule has 0 aliphatic carbocycles. The third-order valence-electron chi connectivity index (χ3n) is 2.81. The number of hydrogen-bond acceptors (Lipinski definition) is 3. The summed E-state index contributed by atoms with van der Waals surface area (Å²) in [5, 5.41) is 12.1. The zero-order chi connectivity index (χ0) is 13.4. The van der Waals surface area contributed by atoms with Crippen molar-refractivity contribution in [1.82, 2.24) is 14.8 Å². The second-order valence-corrected chi connectivity index (χ2v) is 4.93. The Kier molecular flexibility index (Phi) is 3.21. The van der Waals surface area contributed by atoms with Gasteiger partial charge in [-0.15, -0.1) is 0 Å². The first-order chi connectivity index (χ1) is 8.43. The molecule has 0 saturated carbocycles. The lowest BCUT2D eigenvalue weighted by atomic mass is 10.1. The van der Waals surface area contributed by atoms with Crippen LogP contribution in [0, 0.1) is 26.2 Å². The number of pyridine rings is 1. The molecule has 0 bridgehead atoms. The van der Waals surface area contributed by atoms with Crippen LogP contribution < -0.4 is 5.73 Å². The highest BCUT2D eigenvalue weighted by Crippen LogP contribution is 2.24. The van der Waals surface area contributed by atoms with Gasteiger partial charge in [0.2, 0.25) is 0 Å². The predicted octanol–water partition coefficient (Wildman–Crippen LogP) is 2.24. The van der Waals surface area contributed by atoms with Crippen LogP contribution in [-0.4, -0.2) is 20.6 Å². The molecule has 0 saturated heterocycles. The molecule has 6 heteroatoms. The van der Waals surface area contributed by atoms with Crippen LogP contribution >= 0.6 is 15.9 Å². The summed E-state index contributed by atoms with van der Waals surface area (Å²) < 4.78 is 2.66. The van der Waals surface area contributed by atoms with Crippen molar-refractivity contribution in [2.75, 3.05) is 0 Å². The Balaban J connectivity index is 2.75. The molecule has 0 atom stereocenters. The number of rotatable bonds is 2. The smallest absolute Gasteiger partial charge is 0.164 e. The molecule has 3 N–H and O–H groups in total. The maximum Gasteiger partial charge on any atom is 0.164 e. The summed E-state index contributed by atoms with van der Waals surface area (Å²) in [6, 6.07) is 1.83. The monoisotopic (exact) mass is 307 g/mol. The highest BCUT2D eigenvalue weighted by molar-refractivity contribution is 9.10. The van der Waals surface area contributed by atoms with Gasteiger partial charge >= 0.3 is 0 Å². The zero-order valence-corrected chi connectivity index (χ0v) is 12.0. The SMILES string of the molecule is Cc1ccnc(-n2nc(C)c(Br)c2C)c1C(=N)N. The Bertz CT molecular complexity index is 630. The van der Waals surface area contributed by atoms with Crippen LogP contribution in [0.25, 0.3) is 5.82 Å². The van der Waals surface area contributed by atoms with E-state index in [1.165, 1.54) is 0 Å². The molecule has 0 fully saturated rings. The Hall–Kier alpha value is -1.69. The Morgan fingerprint density at radius 1 is 1.39 bits per heavy atom. The van der Waals surface area contributed by atoms with E-state index in [9.17, 15) is 0 Å². The van der Waals surface area contributed by atoms with Crippen molar-refractivity contribution in [2.45, 2.75) is 20.8 Å². The van der Waals surface area contributed by atoms with Crippen LogP contribution in [0.15, 0.2) is 16.7 Å². The van der Waals surface area contributed by atoms with E-state index in [4.69, 9.17) is 11.1 Å². The molecule has 0 spiro atoms. The molecular weight excluding hydrogens is 294 g/mol. The lowest BCUT2D eigenvalue weighted by molar-refractivity contribution is 0.802. The number of nitrogens with two attached hydrogens (primary N) is 1. The topological polar surface area (TPSA) is 80.6 Å². The molecule has 2 rings (SSSR count). The third-order valence-corrected chi connectivity index (χ3v) is 3.96. The van der Waals surface area contributed by atoms with E-state index in [2.05, 4.69) is 26.0 Å². The van der Waals surface area contributed by atoms with Gasteiger partial charge in [0.05, 0.1) is 21.4 Å². The average molecular weight is 308 g/mol. The molecule has 2 heterocycles. The fourth-order valence-electron chi connectivity index (χ4n) is 1.87. The summed E-state index contributed by atoms with van der Waals surface area (Å²) >= 11 is 3.48. The predicted molar refractivity (Wildman–Crippen MR) is 74.3 cm³/mol. The fraction of sp³-hybridized carbons (Fsp3) is 0.250. The van der Waals surface area contributed by atoms with Crippen molar-refractivity contribution < 1.29 is 0 Å². The molecule has 0 aromatic carbocycles. The molecule has 5 nitrogen and oxygen atoms in total. The Labute approximate surface area is 114 Å². The fourth-order valence-corrected chi connectivity index (χ4v) is 2.11. The first-order valence-corrected chi connectivity index (χ1v) is 6.25. The minimum absolute atomic E-state index is 0.000671. The van der Waals surface area contributed by atoms with Gasteiger partial charge in [-0.05, 0) is 48.3 Å². The van der Waals surface area contributed by atoms with Crippen LogP contribution in [0.1, 0.15) is 22.5 Å². The van der Waals surface area contributed by atoms with Gasteiger partial charge in [0.25, 0.3) is 0 Å². The molecule has 0 aliphatic heterocycles. The number of amidine groups is 1. The minimum atomic E-state index is -0.000671. The van der Waals surface area contributed by atoms with Crippen molar-refractivity contribution in [3.05, 3.63) is 39.3 Å². The van der Waals surface area contributed by atoms with Crippen molar-refractivity contribution >= 4 is 21.8 Å². The number of nitrogens with one attached hydrogen (secondary N) is 1. The number of aryl methyl sites for hydroxylation is 2. The van der Waals surface area contributed by atoms with E-state index in [1.54, 1.807) is 10.9 Å². The summed E-state index contributed by atoms with van der Waals surface area (Å²) in [5.41, 5.74) is 8.99. The molecule has 2 aromatic heterocycles. The average Bonchev–Trinajstić information content (AvgIpc) is 2.56. The van der Waals surface area contributed by atoms with Gasteiger partial charge in [0.15, 0.2) is 5.82 Å². The highest BCUT2D eigenvalue weighted by Gasteiger charge is 2.17. The van der Waals surface area contributed by atoms with E-state index >= 15 is 0 Å². The number of hydrogen-bond donors (Lipinski definition) is 2. The molecule has 2 aromatic rings. The van der Waals surface area contributed by atoms with Crippen LogP contribution in [0.3, 0.4) is 0 Å². The van der Waals surface area contributed by atoms with Crippen molar-refractivity contribution in [3.8, 4) is 5.82 Å². The molecule has 94 valence electrons. The third kappa shape index (κ3) is 1.92. The van der Waals surface area contributed by atoms with Crippen LogP contribution in [0.4, 0.5) is 0 Å². The van der Waals surface area contributed by atoms with Gasteiger partial charge in [-0.2, -0.15) is 5.10 Å². The van der Waals surface area contributed by atoms with Gasteiger partial charge in [0, 0.05) is 6.20 Å². The van der Waals surface area contributed by atoms with Gasteiger partial charge in [-0.3, -0.25) is 5.41 Å². The molecule has 0 radical (unpaired) electrons. The quantitative estimate of drug-likeness (QED) is 0.659. The van der Waals surface area contributed by atoms with Crippen molar-refractivity contribution in [2.24, 2.45) is 5.73 Å². The minimum Gasteiger partial charge on any atom is -0.384 e. The van der Waals surface area contributed by atoms with Crippen LogP contribution in [0.2, 0.25) is 0 Å². The van der Waals surface area contributed by atoms with Gasteiger partial charge < -0.3 is 5.73 Å². The number of nitrogens with zero attached hydrogens (tertiary/aromatic N) is 3. The second kappa shape index (κ2) is 4.53. The molecule has 18 heavy (non-hydrogen) atoms. The number of nitrogen functional groups attached to an aromatic ring is 1. The van der Waals surface area contributed by atoms with Crippen LogP contribution in [-0.2, 0) is 0 Å². The molecule has 0 unspecified atom stereocenters. The van der Waals surface area contributed by atoms with E-state index in [-0.39, 0.29) is 5.84 Å². The summed E-state index contributed by atoms with van der Waals surface area (Å²) in [6.45, 7) is 5.76. The first kappa shape index (κ1) is 12.8. The highest BCUT2D eigenvalue weighted by atomic mass is 79.9. The molecule has 0 amide bonds. The second-order valence-electron chi connectivity index (χ2n) is 4.14. The summed E-state index contributed by atoms with van der Waals surface area (Å²) in [5.74, 6) is 0.591. The maximum absolute atomic E-state index is 7.68. The summed E-state index contributed by atoms with van der Waals surface area (Å²) in [6.07, 6.45) is 1.70.